The highest BCUT2D eigenvalue weighted by atomic mass is 127. The van der Waals surface area contributed by atoms with Crippen LogP contribution in [-0.4, -0.2) is 85.2 Å². The van der Waals surface area contributed by atoms with Gasteiger partial charge in [-0.25, -0.2) is 4.79 Å². The highest BCUT2D eigenvalue weighted by Crippen LogP contribution is 2.11. The second kappa shape index (κ2) is 11.8. The van der Waals surface area contributed by atoms with Crippen LogP contribution in [0.2, 0.25) is 0 Å². The van der Waals surface area contributed by atoms with Crippen LogP contribution in [0.5, 0.6) is 0 Å². The monoisotopic (exact) mass is 469 g/mol. The molecule has 1 fully saturated rings. The Labute approximate surface area is 170 Å². The van der Waals surface area contributed by atoms with Crippen LogP contribution < -0.4 is 5.73 Å². The summed E-state index contributed by atoms with van der Waals surface area (Å²) in [6, 6.07) is 0. The van der Waals surface area contributed by atoms with E-state index in [9.17, 15) is 4.79 Å². The summed E-state index contributed by atoms with van der Waals surface area (Å²) in [5, 5.41) is 0. The number of halogens is 1. The number of aliphatic imine (C=N–C) groups is 1. The molecule has 0 aromatic rings. The van der Waals surface area contributed by atoms with Crippen molar-refractivity contribution >= 4 is 36.0 Å². The van der Waals surface area contributed by atoms with Crippen LogP contribution in [0.25, 0.3) is 0 Å². The van der Waals surface area contributed by atoms with Gasteiger partial charge in [-0.2, -0.15) is 0 Å². The molecule has 0 spiro atoms. The molecule has 1 heterocycles. The molecule has 1 aliphatic heterocycles. The van der Waals surface area contributed by atoms with Crippen molar-refractivity contribution in [1.29, 1.82) is 0 Å². The number of guanidine groups is 1. The van der Waals surface area contributed by atoms with Crippen molar-refractivity contribution in [2.45, 2.75) is 46.1 Å². The molecule has 0 unspecified atom stereocenters. The molecule has 1 aliphatic rings. The molecule has 25 heavy (non-hydrogen) atoms. The molecule has 0 aromatic carbocycles. The average Bonchev–Trinajstić information content (AvgIpc) is 2.51. The van der Waals surface area contributed by atoms with E-state index in [2.05, 4.69) is 23.9 Å². The number of hydrogen-bond acceptors (Lipinski definition) is 4. The first-order valence-electron chi connectivity index (χ1n) is 8.94. The Morgan fingerprint density at radius 3 is 2.24 bits per heavy atom. The Kier molecular flexibility index (Phi) is 11.4. The van der Waals surface area contributed by atoms with Crippen LogP contribution in [0.15, 0.2) is 4.99 Å². The van der Waals surface area contributed by atoms with E-state index in [1.165, 1.54) is 12.8 Å². The molecule has 1 amide bonds. The Balaban J connectivity index is 0.00000576. The van der Waals surface area contributed by atoms with Gasteiger partial charge in [0.2, 0.25) is 0 Å². The van der Waals surface area contributed by atoms with Gasteiger partial charge < -0.3 is 25.2 Å². The predicted octanol–water partition coefficient (Wildman–Crippen LogP) is 2.20. The van der Waals surface area contributed by atoms with Crippen molar-refractivity contribution in [3.8, 4) is 0 Å². The minimum Gasteiger partial charge on any atom is -0.444 e. The fourth-order valence-corrected chi connectivity index (χ4v) is 2.42. The Morgan fingerprint density at radius 1 is 1.16 bits per heavy atom. The molecule has 0 saturated carbocycles. The van der Waals surface area contributed by atoms with Gasteiger partial charge in [0.15, 0.2) is 5.96 Å². The highest BCUT2D eigenvalue weighted by molar-refractivity contribution is 14.0. The van der Waals surface area contributed by atoms with Gasteiger partial charge in [-0.1, -0.05) is 13.3 Å². The Morgan fingerprint density at radius 2 is 1.72 bits per heavy atom. The summed E-state index contributed by atoms with van der Waals surface area (Å²) in [7, 11) is 2.11. The van der Waals surface area contributed by atoms with Crippen molar-refractivity contribution < 1.29 is 9.53 Å². The van der Waals surface area contributed by atoms with E-state index in [-0.39, 0.29) is 30.1 Å². The van der Waals surface area contributed by atoms with Gasteiger partial charge in [-0.3, -0.25) is 4.99 Å². The summed E-state index contributed by atoms with van der Waals surface area (Å²) >= 11 is 0. The molecule has 0 radical (unpaired) electrons. The van der Waals surface area contributed by atoms with Gasteiger partial charge in [0.1, 0.15) is 5.60 Å². The van der Waals surface area contributed by atoms with Crippen molar-refractivity contribution in [3.63, 3.8) is 0 Å². The van der Waals surface area contributed by atoms with Crippen LogP contribution in [0.4, 0.5) is 4.79 Å². The maximum absolute atomic E-state index is 12.0. The highest BCUT2D eigenvalue weighted by Gasteiger charge is 2.26. The molecule has 148 valence electrons. The molecule has 8 heteroatoms. The number of nitrogens with two attached hydrogens (primary N) is 1. The zero-order valence-electron chi connectivity index (χ0n) is 16.5. The number of carbonyl (C=O) groups is 1. The van der Waals surface area contributed by atoms with Crippen LogP contribution >= 0.6 is 24.0 Å². The molecule has 7 nitrogen and oxygen atoms in total. The maximum atomic E-state index is 12.0. The number of carbonyl (C=O) groups excluding carboxylic acids is 1. The third-order valence-corrected chi connectivity index (χ3v) is 3.90. The minimum atomic E-state index is -0.460. The molecule has 0 aliphatic carbocycles. The van der Waals surface area contributed by atoms with Gasteiger partial charge in [-0.05, 0) is 40.8 Å². The summed E-state index contributed by atoms with van der Waals surface area (Å²) in [6.07, 6.45) is 2.16. The van der Waals surface area contributed by atoms with Gasteiger partial charge >= 0.3 is 6.09 Å². The summed E-state index contributed by atoms with van der Waals surface area (Å²) < 4.78 is 5.40. The lowest BCUT2D eigenvalue weighted by Crippen LogP contribution is -2.53. The maximum Gasteiger partial charge on any atom is 0.410 e. The van der Waals surface area contributed by atoms with Crippen LogP contribution in [0, 0.1) is 0 Å². The van der Waals surface area contributed by atoms with E-state index >= 15 is 0 Å². The van der Waals surface area contributed by atoms with E-state index in [1.807, 2.05) is 25.7 Å². The Bertz CT molecular complexity index is 418. The lowest BCUT2D eigenvalue weighted by atomic mass is 10.2. The first-order valence-corrected chi connectivity index (χ1v) is 8.94. The third kappa shape index (κ3) is 10.1. The van der Waals surface area contributed by atoms with Crippen molar-refractivity contribution in [1.82, 2.24) is 14.7 Å². The minimum absolute atomic E-state index is 0. The zero-order valence-corrected chi connectivity index (χ0v) is 18.8. The van der Waals surface area contributed by atoms with Gasteiger partial charge in [0, 0.05) is 32.7 Å². The number of rotatable bonds is 6. The quantitative estimate of drug-likeness (QED) is 0.367. The van der Waals surface area contributed by atoms with E-state index in [4.69, 9.17) is 10.5 Å². The van der Waals surface area contributed by atoms with E-state index < -0.39 is 5.60 Å². The lowest BCUT2D eigenvalue weighted by molar-refractivity contribution is 0.0186. The standard InChI is InChI=1S/C17H35N5O2.HI/c1-6-7-9-20(5)10-8-19-15(18)21-11-13-22(14-12-21)16(23)24-17(2,3)4;/h6-14H2,1-5H3,(H2,18,19);1H. The van der Waals surface area contributed by atoms with Crippen LogP contribution in [0.1, 0.15) is 40.5 Å². The summed E-state index contributed by atoms with van der Waals surface area (Å²) in [6.45, 7) is 13.2. The van der Waals surface area contributed by atoms with E-state index in [0.717, 1.165) is 13.1 Å². The number of amides is 1. The predicted molar refractivity (Wildman–Crippen MR) is 114 cm³/mol. The molecular weight excluding hydrogens is 433 g/mol. The average molecular weight is 469 g/mol. The second-order valence-corrected chi connectivity index (χ2v) is 7.35. The fraction of sp³-hybridized carbons (Fsp3) is 0.882. The van der Waals surface area contributed by atoms with Gasteiger partial charge in [-0.15, -0.1) is 24.0 Å². The third-order valence-electron chi connectivity index (χ3n) is 3.90. The molecule has 1 rings (SSSR count). The summed E-state index contributed by atoms with van der Waals surface area (Å²) in [5.41, 5.74) is 5.62. The summed E-state index contributed by atoms with van der Waals surface area (Å²) in [4.78, 5) is 22.6. The second-order valence-electron chi connectivity index (χ2n) is 7.35. The van der Waals surface area contributed by atoms with Crippen LogP contribution in [-0.2, 0) is 4.74 Å². The van der Waals surface area contributed by atoms with Crippen molar-refractivity contribution in [2.75, 3.05) is 52.9 Å². The molecular formula is C17H36IN5O2. The number of likely N-dealkylation sites (N-methyl/N-ethyl adjacent to an activating group) is 1. The molecule has 0 aromatic heterocycles. The number of hydrogen-bond donors (Lipinski definition) is 1. The zero-order chi connectivity index (χ0) is 18.2. The normalized spacial score (nSPS) is 16.0. The Hall–Kier alpha value is -0.770. The topological polar surface area (TPSA) is 74.4 Å². The van der Waals surface area contributed by atoms with Crippen molar-refractivity contribution in [3.05, 3.63) is 0 Å². The molecule has 1 saturated heterocycles. The fourth-order valence-electron chi connectivity index (χ4n) is 2.42. The van der Waals surface area contributed by atoms with Crippen LogP contribution in [0.3, 0.4) is 0 Å². The largest absolute Gasteiger partial charge is 0.444 e. The van der Waals surface area contributed by atoms with Crippen molar-refractivity contribution in [2.24, 2.45) is 10.7 Å². The lowest BCUT2D eigenvalue weighted by Gasteiger charge is -2.36. The molecule has 0 bridgehead atoms. The smallest absolute Gasteiger partial charge is 0.410 e. The first-order chi connectivity index (χ1) is 11.2. The number of unbranched alkanes of at least 4 members (excludes halogenated alkanes) is 1. The number of ether oxygens (including phenoxy) is 1. The van der Waals surface area contributed by atoms with E-state index in [1.54, 1.807) is 4.90 Å². The molecule has 2 N–H and O–H groups in total. The van der Waals surface area contributed by atoms with E-state index in [0.29, 0.717) is 38.7 Å². The number of piperazine rings is 1. The summed E-state index contributed by atoms with van der Waals surface area (Å²) in [5.74, 6) is 0.572. The van der Waals surface area contributed by atoms with Gasteiger partial charge in [0.05, 0.1) is 6.54 Å². The molecule has 0 atom stereocenters. The van der Waals surface area contributed by atoms with Gasteiger partial charge in [0.25, 0.3) is 0 Å². The first kappa shape index (κ1) is 24.2. The number of nitrogens with zero attached hydrogens (tertiary/aromatic N) is 4. The SMILES string of the molecule is CCCCN(C)CCN=C(N)N1CCN(C(=O)OC(C)(C)C)CC1.I.